The van der Waals surface area contributed by atoms with E-state index in [-0.39, 0.29) is 19.1 Å². The maximum absolute atomic E-state index is 11.6. The topological polar surface area (TPSA) is 72.9 Å². The van der Waals surface area contributed by atoms with E-state index in [2.05, 4.69) is 0 Å². The van der Waals surface area contributed by atoms with Crippen LogP contribution in [0.2, 0.25) is 0 Å². The highest BCUT2D eigenvalue weighted by Gasteiger charge is 2.40. The molecular formula is C11H17NO5. The predicted molar refractivity (Wildman–Crippen MR) is 58.0 cm³/mol. The molecule has 0 aromatic carbocycles. The second kappa shape index (κ2) is 5.65. The van der Waals surface area contributed by atoms with E-state index in [0.717, 1.165) is 0 Å². The number of esters is 2. The Kier molecular flexibility index (Phi) is 4.48. The number of nitrogens with zero attached hydrogens (tertiary/aromatic N) is 1. The summed E-state index contributed by atoms with van der Waals surface area (Å²) >= 11 is 0. The monoisotopic (exact) mass is 243 g/mol. The molecule has 1 fully saturated rings. The molecule has 1 saturated heterocycles. The van der Waals surface area contributed by atoms with Crippen molar-refractivity contribution in [3.8, 4) is 0 Å². The Morgan fingerprint density at radius 2 is 1.94 bits per heavy atom. The van der Waals surface area contributed by atoms with Gasteiger partial charge in [0, 0.05) is 20.3 Å². The van der Waals surface area contributed by atoms with Crippen LogP contribution in [0.4, 0.5) is 0 Å². The highest BCUT2D eigenvalue weighted by molar-refractivity contribution is 5.84. The molecule has 1 aliphatic heterocycles. The lowest BCUT2D eigenvalue weighted by atomic mass is 10.2. The van der Waals surface area contributed by atoms with E-state index in [4.69, 9.17) is 9.47 Å². The van der Waals surface area contributed by atoms with Gasteiger partial charge in [0.1, 0.15) is 12.1 Å². The Hall–Kier alpha value is -1.59. The van der Waals surface area contributed by atoms with Crippen LogP contribution in [0.15, 0.2) is 0 Å². The Morgan fingerprint density at radius 3 is 2.41 bits per heavy atom. The summed E-state index contributed by atoms with van der Waals surface area (Å²) in [5.74, 6) is -1.09. The molecule has 6 heteroatoms. The molecule has 0 bridgehead atoms. The first-order chi connectivity index (χ1) is 7.95. The molecule has 1 heterocycles. The summed E-state index contributed by atoms with van der Waals surface area (Å²) in [4.78, 5) is 35.2. The summed E-state index contributed by atoms with van der Waals surface area (Å²) in [6, 6.07) is -0.642. The average molecular weight is 243 g/mol. The molecule has 0 aliphatic carbocycles. The Labute approximate surface area is 99.9 Å². The SMILES string of the molecule is CCOC(=O)[C@@H]1C[C@H](OC(C)=O)CN1C(C)=O. The molecule has 17 heavy (non-hydrogen) atoms. The number of carbonyl (C=O) groups excluding carboxylic acids is 3. The second-order valence-corrected chi connectivity index (χ2v) is 3.91. The molecule has 0 aromatic heterocycles. The fourth-order valence-corrected chi connectivity index (χ4v) is 1.93. The van der Waals surface area contributed by atoms with E-state index in [1.807, 2.05) is 0 Å². The number of hydrogen-bond donors (Lipinski definition) is 0. The van der Waals surface area contributed by atoms with Gasteiger partial charge in [0.2, 0.25) is 5.91 Å². The van der Waals surface area contributed by atoms with Crippen molar-refractivity contribution < 1.29 is 23.9 Å². The van der Waals surface area contributed by atoms with Crippen LogP contribution in [0.5, 0.6) is 0 Å². The highest BCUT2D eigenvalue weighted by atomic mass is 16.5. The van der Waals surface area contributed by atoms with Crippen LogP contribution in [-0.4, -0.2) is 48.0 Å². The summed E-state index contributed by atoms with van der Waals surface area (Å²) < 4.78 is 9.90. The number of hydrogen-bond acceptors (Lipinski definition) is 5. The van der Waals surface area contributed by atoms with Gasteiger partial charge in [-0.25, -0.2) is 4.79 Å². The number of likely N-dealkylation sites (tertiary alicyclic amines) is 1. The van der Waals surface area contributed by atoms with Gasteiger partial charge in [-0.3, -0.25) is 9.59 Å². The first-order valence-electron chi connectivity index (χ1n) is 5.56. The van der Waals surface area contributed by atoms with Crippen molar-refractivity contribution >= 4 is 17.8 Å². The van der Waals surface area contributed by atoms with Gasteiger partial charge in [-0.05, 0) is 6.92 Å². The lowest BCUT2D eigenvalue weighted by molar-refractivity contribution is -0.152. The lowest BCUT2D eigenvalue weighted by Gasteiger charge is -2.20. The third-order valence-electron chi connectivity index (χ3n) is 2.56. The normalized spacial score (nSPS) is 23.4. The molecule has 96 valence electrons. The average Bonchev–Trinajstić information content (AvgIpc) is 2.61. The Morgan fingerprint density at radius 1 is 1.29 bits per heavy atom. The quantitative estimate of drug-likeness (QED) is 0.657. The first-order valence-corrected chi connectivity index (χ1v) is 5.56. The Balaban J connectivity index is 2.70. The van der Waals surface area contributed by atoms with Crippen molar-refractivity contribution in [2.75, 3.05) is 13.2 Å². The minimum Gasteiger partial charge on any atom is -0.464 e. The minimum atomic E-state index is -0.642. The maximum Gasteiger partial charge on any atom is 0.328 e. The van der Waals surface area contributed by atoms with E-state index in [1.54, 1.807) is 6.92 Å². The summed E-state index contributed by atoms with van der Waals surface area (Å²) in [5.41, 5.74) is 0. The standard InChI is InChI=1S/C11H17NO5/c1-4-16-11(15)10-5-9(17-8(3)14)6-12(10)7(2)13/h9-10H,4-6H2,1-3H3/t9-,10-/m0/s1. The van der Waals surface area contributed by atoms with Crippen molar-refractivity contribution in [2.24, 2.45) is 0 Å². The number of carbonyl (C=O) groups is 3. The zero-order valence-corrected chi connectivity index (χ0v) is 10.3. The van der Waals surface area contributed by atoms with E-state index in [1.165, 1.54) is 18.7 Å². The van der Waals surface area contributed by atoms with Crippen LogP contribution in [0.1, 0.15) is 27.2 Å². The van der Waals surface area contributed by atoms with Crippen LogP contribution < -0.4 is 0 Å². The number of amides is 1. The fourth-order valence-electron chi connectivity index (χ4n) is 1.93. The predicted octanol–water partition coefficient (Wildman–Crippen LogP) is 0.102. The van der Waals surface area contributed by atoms with Gasteiger partial charge in [-0.1, -0.05) is 0 Å². The molecule has 0 N–H and O–H groups in total. The molecule has 0 radical (unpaired) electrons. The lowest BCUT2D eigenvalue weighted by Crippen LogP contribution is -2.40. The van der Waals surface area contributed by atoms with E-state index < -0.39 is 24.1 Å². The molecule has 2 atom stereocenters. The van der Waals surface area contributed by atoms with E-state index in [9.17, 15) is 14.4 Å². The van der Waals surface area contributed by atoms with Crippen LogP contribution in [-0.2, 0) is 23.9 Å². The Bertz CT molecular complexity index is 328. The highest BCUT2D eigenvalue weighted by Crippen LogP contribution is 2.21. The van der Waals surface area contributed by atoms with E-state index >= 15 is 0 Å². The molecule has 1 aliphatic rings. The molecule has 0 saturated carbocycles. The van der Waals surface area contributed by atoms with Crippen molar-refractivity contribution in [2.45, 2.75) is 39.3 Å². The zero-order chi connectivity index (χ0) is 13.0. The summed E-state index contributed by atoms with van der Waals surface area (Å²) in [6.45, 7) is 4.89. The molecule has 6 nitrogen and oxygen atoms in total. The van der Waals surface area contributed by atoms with Crippen molar-refractivity contribution in [1.82, 2.24) is 4.90 Å². The zero-order valence-electron chi connectivity index (χ0n) is 10.3. The molecule has 1 rings (SSSR count). The third-order valence-corrected chi connectivity index (χ3v) is 2.56. The maximum atomic E-state index is 11.6. The molecule has 0 aromatic rings. The number of rotatable bonds is 3. The van der Waals surface area contributed by atoms with Gasteiger partial charge in [-0.15, -0.1) is 0 Å². The largest absolute Gasteiger partial charge is 0.464 e. The van der Waals surface area contributed by atoms with Gasteiger partial charge in [0.15, 0.2) is 0 Å². The van der Waals surface area contributed by atoms with Gasteiger partial charge in [0.05, 0.1) is 13.2 Å². The fraction of sp³-hybridized carbons (Fsp3) is 0.727. The van der Waals surface area contributed by atoms with Gasteiger partial charge in [-0.2, -0.15) is 0 Å². The molecule has 1 amide bonds. The van der Waals surface area contributed by atoms with Crippen LogP contribution in [0.3, 0.4) is 0 Å². The third kappa shape index (κ3) is 3.44. The number of ether oxygens (including phenoxy) is 2. The van der Waals surface area contributed by atoms with Gasteiger partial charge >= 0.3 is 11.9 Å². The first kappa shape index (κ1) is 13.5. The van der Waals surface area contributed by atoms with Crippen LogP contribution >= 0.6 is 0 Å². The smallest absolute Gasteiger partial charge is 0.328 e. The van der Waals surface area contributed by atoms with Crippen LogP contribution in [0.25, 0.3) is 0 Å². The van der Waals surface area contributed by atoms with Gasteiger partial charge in [0.25, 0.3) is 0 Å². The summed E-state index contributed by atoms with van der Waals surface area (Å²) in [5, 5.41) is 0. The molecule has 0 spiro atoms. The minimum absolute atomic E-state index is 0.224. The van der Waals surface area contributed by atoms with E-state index in [0.29, 0.717) is 6.42 Å². The van der Waals surface area contributed by atoms with Crippen molar-refractivity contribution in [3.63, 3.8) is 0 Å². The second-order valence-electron chi connectivity index (χ2n) is 3.91. The van der Waals surface area contributed by atoms with Crippen molar-refractivity contribution in [1.29, 1.82) is 0 Å². The van der Waals surface area contributed by atoms with Gasteiger partial charge < -0.3 is 14.4 Å². The van der Waals surface area contributed by atoms with Crippen LogP contribution in [0, 0.1) is 0 Å². The summed E-state index contributed by atoms with van der Waals surface area (Å²) in [7, 11) is 0. The summed E-state index contributed by atoms with van der Waals surface area (Å²) in [6.07, 6.45) is -0.122. The van der Waals surface area contributed by atoms with Crippen molar-refractivity contribution in [3.05, 3.63) is 0 Å². The molecule has 0 unspecified atom stereocenters. The molecular weight excluding hydrogens is 226 g/mol.